The third-order valence-corrected chi connectivity index (χ3v) is 2.70. The summed E-state index contributed by atoms with van der Waals surface area (Å²) in [4.78, 5) is 0. The van der Waals surface area contributed by atoms with Crippen molar-refractivity contribution in [2.75, 3.05) is 26.2 Å². The predicted octanol–water partition coefficient (Wildman–Crippen LogP) is 4.13. The summed E-state index contributed by atoms with van der Waals surface area (Å²) in [6, 6.07) is 0. The molecule has 0 aliphatic carbocycles. The van der Waals surface area contributed by atoms with E-state index < -0.39 is 0 Å². The maximum absolute atomic E-state index is 2.59. The molecule has 0 radical (unpaired) electrons. The van der Waals surface area contributed by atoms with Gasteiger partial charge in [0.25, 0.3) is 0 Å². The minimum Gasteiger partial charge on any atom is -0.241 e. The molecule has 0 atom stereocenters. The lowest BCUT2D eigenvalue weighted by molar-refractivity contribution is -0.0577. The van der Waals surface area contributed by atoms with Gasteiger partial charge in [0.2, 0.25) is 0 Å². The SMILES string of the molecule is CC(C)CN(CC(C)C)N(CC(C)C)CC(C)C. The highest BCUT2D eigenvalue weighted by Crippen LogP contribution is 2.12. The third kappa shape index (κ3) is 8.93. The minimum atomic E-state index is 0.727. The zero-order valence-corrected chi connectivity index (χ0v) is 14.0. The molecule has 0 unspecified atom stereocenters. The average Bonchev–Trinajstić information content (AvgIpc) is 2.12. The van der Waals surface area contributed by atoms with Crippen LogP contribution in [-0.2, 0) is 0 Å². The zero-order chi connectivity index (χ0) is 14.3. The quantitative estimate of drug-likeness (QED) is 0.572. The van der Waals surface area contributed by atoms with Gasteiger partial charge in [0.1, 0.15) is 0 Å². The van der Waals surface area contributed by atoms with Gasteiger partial charge in [-0.15, -0.1) is 0 Å². The first-order valence-electron chi connectivity index (χ1n) is 7.72. The first-order chi connectivity index (χ1) is 8.22. The van der Waals surface area contributed by atoms with Crippen molar-refractivity contribution in [3.05, 3.63) is 0 Å². The van der Waals surface area contributed by atoms with Gasteiger partial charge in [0.15, 0.2) is 0 Å². The summed E-state index contributed by atoms with van der Waals surface area (Å²) in [5, 5.41) is 5.19. The molecule has 0 aliphatic rings. The Labute approximate surface area is 116 Å². The lowest BCUT2D eigenvalue weighted by Gasteiger charge is -2.39. The summed E-state index contributed by atoms with van der Waals surface area (Å²) in [7, 11) is 0. The van der Waals surface area contributed by atoms with Crippen LogP contribution in [0.25, 0.3) is 0 Å². The number of hydrogen-bond donors (Lipinski definition) is 0. The summed E-state index contributed by atoms with van der Waals surface area (Å²) >= 11 is 0. The second kappa shape index (κ2) is 8.92. The van der Waals surface area contributed by atoms with Crippen molar-refractivity contribution in [1.82, 2.24) is 10.0 Å². The highest BCUT2D eigenvalue weighted by Gasteiger charge is 2.19. The van der Waals surface area contributed by atoms with E-state index in [9.17, 15) is 0 Å². The smallest absolute Gasteiger partial charge is 0.0156 e. The fraction of sp³-hybridized carbons (Fsp3) is 1.00. The molecule has 0 aliphatic heterocycles. The maximum atomic E-state index is 2.59. The summed E-state index contributed by atoms with van der Waals surface area (Å²) in [6.45, 7) is 23.2. The summed E-state index contributed by atoms with van der Waals surface area (Å²) in [5.74, 6) is 2.91. The molecule has 0 heterocycles. The molecule has 0 bridgehead atoms. The normalized spacial score (nSPS) is 13.0. The zero-order valence-electron chi connectivity index (χ0n) is 14.0. The number of hydrogen-bond acceptors (Lipinski definition) is 2. The van der Waals surface area contributed by atoms with E-state index in [0.717, 1.165) is 23.7 Å². The lowest BCUT2D eigenvalue weighted by atomic mass is 10.1. The highest BCUT2D eigenvalue weighted by molar-refractivity contribution is 4.66. The highest BCUT2D eigenvalue weighted by atomic mass is 15.6. The Balaban J connectivity index is 4.69. The minimum absolute atomic E-state index is 0.727. The molecule has 0 saturated heterocycles. The number of rotatable bonds is 9. The van der Waals surface area contributed by atoms with Gasteiger partial charge in [0, 0.05) is 26.2 Å². The van der Waals surface area contributed by atoms with Crippen LogP contribution in [0.5, 0.6) is 0 Å². The number of hydrazine groups is 1. The Morgan fingerprint density at radius 1 is 0.444 bits per heavy atom. The lowest BCUT2D eigenvalue weighted by Crippen LogP contribution is -2.49. The Kier molecular flexibility index (Phi) is 8.89. The van der Waals surface area contributed by atoms with Gasteiger partial charge in [-0.25, -0.2) is 10.0 Å². The molecule has 0 rings (SSSR count). The second-order valence-electron chi connectivity index (χ2n) is 7.32. The molecular weight excluding hydrogens is 220 g/mol. The van der Waals surface area contributed by atoms with Crippen molar-refractivity contribution in [3.8, 4) is 0 Å². The van der Waals surface area contributed by atoms with Crippen molar-refractivity contribution in [3.63, 3.8) is 0 Å². The van der Waals surface area contributed by atoms with Crippen LogP contribution in [0.2, 0.25) is 0 Å². The molecule has 0 spiro atoms. The number of nitrogens with zero attached hydrogens (tertiary/aromatic N) is 2. The molecule has 110 valence electrons. The van der Waals surface area contributed by atoms with E-state index in [1.165, 1.54) is 26.2 Å². The molecule has 0 saturated carbocycles. The molecule has 0 aromatic rings. The molecule has 0 N–H and O–H groups in total. The molecule has 0 aromatic carbocycles. The Hall–Kier alpha value is -0.0800. The predicted molar refractivity (Wildman–Crippen MR) is 82.5 cm³/mol. The van der Waals surface area contributed by atoms with Gasteiger partial charge >= 0.3 is 0 Å². The van der Waals surface area contributed by atoms with Crippen LogP contribution in [0.4, 0.5) is 0 Å². The van der Waals surface area contributed by atoms with E-state index in [1.807, 2.05) is 0 Å². The third-order valence-electron chi connectivity index (χ3n) is 2.70. The van der Waals surface area contributed by atoms with Crippen LogP contribution in [-0.4, -0.2) is 36.2 Å². The van der Waals surface area contributed by atoms with E-state index in [0.29, 0.717) is 0 Å². The van der Waals surface area contributed by atoms with Crippen molar-refractivity contribution >= 4 is 0 Å². The van der Waals surface area contributed by atoms with E-state index in [1.54, 1.807) is 0 Å². The van der Waals surface area contributed by atoms with E-state index >= 15 is 0 Å². The summed E-state index contributed by atoms with van der Waals surface area (Å²) in [5.41, 5.74) is 0. The van der Waals surface area contributed by atoms with Gasteiger partial charge in [0.05, 0.1) is 0 Å². The first-order valence-corrected chi connectivity index (χ1v) is 7.72. The van der Waals surface area contributed by atoms with Gasteiger partial charge in [-0.1, -0.05) is 55.4 Å². The Bertz CT molecular complexity index is 155. The van der Waals surface area contributed by atoms with Crippen LogP contribution in [0.3, 0.4) is 0 Å². The molecular formula is C16H36N2. The summed E-state index contributed by atoms with van der Waals surface area (Å²) in [6.07, 6.45) is 0. The topological polar surface area (TPSA) is 6.48 Å². The average molecular weight is 256 g/mol. The molecule has 0 aromatic heterocycles. The van der Waals surface area contributed by atoms with Crippen LogP contribution >= 0.6 is 0 Å². The Morgan fingerprint density at radius 2 is 0.611 bits per heavy atom. The summed E-state index contributed by atoms with van der Waals surface area (Å²) < 4.78 is 0. The maximum Gasteiger partial charge on any atom is 0.0156 e. The second-order valence-corrected chi connectivity index (χ2v) is 7.32. The molecule has 0 amide bonds. The Morgan fingerprint density at radius 3 is 0.722 bits per heavy atom. The molecule has 2 heteroatoms. The van der Waals surface area contributed by atoms with Gasteiger partial charge in [-0.3, -0.25) is 0 Å². The fourth-order valence-electron chi connectivity index (χ4n) is 2.30. The van der Waals surface area contributed by atoms with E-state index in [-0.39, 0.29) is 0 Å². The van der Waals surface area contributed by atoms with Gasteiger partial charge in [-0.2, -0.15) is 0 Å². The van der Waals surface area contributed by atoms with Gasteiger partial charge in [-0.05, 0) is 23.7 Å². The standard InChI is InChI=1S/C16H36N2/c1-13(2)9-17(10-14(3)4)18(11-15(5)6)12-16(7)8/h13-16H,9-12H2,1-8H3. The van der Waals surface area contributed by atoms with Crippen molar-refractivity contribution in [1.29, 1.82) is 0 Å². The van der Waals surface area contributed by atoms with Crippen LogP contribution in [0, 0.1) is 23.7 Å². The molecule has 2 nitrogen and oxygen atoms in total. The fourth-order valence-corrected chi connectivity index (χ4v) is 2.30. The molecule has 0 fully saturated rings. The van der Waals surface area contributed by atoms with Crippen LogP contribution in [0.1, 0.15) is 55.4 Å². The van der Waals surface area contributed by atoms with Crippen molar-refractivity contribution < 1.29 is 0 Å². The van der Waals surface area contributed by atoms with E-state index in [2.05, 4.69) is 65.4 Å². The largest absolute Gasteiger partial charge is 0.241 e. The first kappa shape index (κ1) is 17.9. The van der Waals surface area contributed by atoms with Crippen LogP contribution < -0.4 is 0 Å². The van der Waals surface area contributed by atoms with Crippen molar-refractivity contribution in [2.45, 2.75) is 55.4 Å². The van der Waals surface area contributed by atoms with Gasteiger partial charge < -0.3 is 0 Å². The van der Waals surface area contributed by atoms with Crippen LogP contribution in [0.15, 0.2) is 0 Å². The monoisotopic (exact) mass is 256 g/mol. The van der Waals surface area contributed by atoms with E-state index in [4.69, 9.17) is 0 Å². The van der Waals surface area contributed by atoms with Crippen molar-refractivity contribution in [2.24, 2.45) is 23.7 Å². The molecule has 18 heavy (non-hydrogen) atoms.